The minimum absolute atomic E-state index is 0.246. The minimum Gasteiger partial charge on any atom is -0.491 e. The van der Waals surface area contributed by atoms with E-state index >= 15 is 0 Å². The zero-order valence-electron chi connectivity index (χ0n) is 13.1. The van der Waals surface area contributed by atoms with Gasteiger partial charge in [0.25, 0.3) is 0 Å². The number of nitrogens with zero attached hydrogens (tertiary/aromatic N) is 2. The fourth-order valence-corrected chi connectivity index (χ4v) is 2.44. The number of aryl methyl sites for hydroxylation is 3. The van der Waals surface area contributed by atoms with Gasteiger partial charge in [-0.05, 0) is 31.5 Å². The van der Waals surface area contributed by atoms with E-state index in [9.17, 15) is 5.11 Å². The highest BCUT2D eigenvalue weighted by molar-refractivity contribution is 6.30. The van der Waals surface area contributed by atoms with Gasteiger partial charge < -0.3 is 15.2 Å². The van der Waals surface area contributed by atoms with Gasteiger partial charge in [0, 0.05) is 25.7 Å². The van der Waals surface area contributed by atoms with Crippen LogP contribution in [0.4, 0.5) is 0 Å². The summed E-state index contributed by atoms with van der Waals surface area (Å²) in [5.41, 5.74) is 2.98. The number of aliphatic hydroxyl groups is 1. The van der Waals surface area contributed by atoms with Crippen molar-refractivity contribution >= 4 is 11.6 Å². The second kappa shape index (κ2) is 7.63. The Morgan fingerprint density at radius 2 is 2.18 bits per heavy atom. The van der Waals surface area contributed by atoms with Crippen molar-refractivity contribution in [1.82, 2.24) is 15.1 Å². The molecule has 1 aromatic heterocycles. The lowest BCUT2D eigenvalue weighted by Gasteiger charge is -2.13. The van der Waals surface area contributed by atoms with Gasteiger partial charge in [0.15, 0.2) is 0 Å². The SMILES string of the molecule is Cc1cccc(OCC(O)CNCc2c(C)nn(C)c2Cl)c1. The van der Waals surface area contributed by atoms with Crippen molar-refractivity contribution in [2.75, 3.05) is 13.2 Å². The molecule has 2 rings (SSSR count). The maximum absolute atomic E-state index is 9.96. The maximum Gasteiger partial charge on any atom is 0.131 e. The predicted octanol–water partition coefficient (Wildman–Crippen LogP) is 2.22. The molecular weight excluding hydrogens is 302 g/mol. The van der Waals surface area contributed by atoms with Crippen molar-refractivity contribution in [1.29, 1.82) is 0 Å². The highest BCUT2D eigenvalue weighted by Gasteiger charge is 2.11. The minimum atomic E-state index is -0.587. The average Bonchev–Trinajstić information content (AvgIpc) is 2.71. The van der Waals surface area contributed by atoms with Gasteiger partial charge in [-0.2, -0.15) is 5.10 Å². The molecule has 22 heavy (non-hydrogen) atoms. The summed E-state index contributed by atoms with van der Waals surface area (Å²) in [6, 6.07) is 7.76. The van der Waals surface area contributed by atoms with Crippen LogP contribution in [0.15, 0.2) is 24.3 Å². The zero-order valence-corrected chi connectivity index (χ0v) is 13.9. The molecule has 0 fully saturated rings. The zero-order chi connectivity index (χ0) is 16.1. The first kappa shape index (κ1) is 16.8. The quantitative estimate of drug-likeness (QED) is 0.820. The molecule has 0 radical (unpaired) electrons. The van der Waals surface area contributed by atoms with E-state index in [-0.39, 0.29) is 6.61 Å². The number of hydrogen-bond acceptors (Lipinski definition) is 4. The Morgan fingerprint density at radius 1 is 1.41 bits per heavy atom. The molecule has 120 valence electrons. The van der Waals surface area contributed by atoms with Crippen LogP contribution in [0.1, 0.15) is 16.8 Å². The van der Waals surface area contributed by atoms with Crippen LogP contribution in [0, 0.1) is 13.8 Å². The Bertz CT molecular complexity index is 628. The van der Waals surface area contributed by atoms with Crippen molar-refractivity contribution in [3.8, 4) is 5.75 Å². The van der Waals surface area contributed by atoms with E-state index in [1.807, 2.05) is 45.2 Å². The van der Waals surface area contributed by atoms with Gasteiger partial charge >= 0.3 is 0 Å². The molecule has 5 nitrogen and oxygen atoms in total. The first-order valence-electron chi connectivity index (χ1n) is 7.23. The highest BCUT2D eigenvalue weighted by Crippen LogP contribution is 2.18. The molecule has 0 saturated carbocycles. The van der Waals surface area contributed by atoms with Crippen molar-refractivity contribution in [2.24, 2.45) is 7.05 Å². The fraction of sp³-hybridized carbons (Fsp3) is 0.438. The molecule has 0 amide bonds. The Labute approximate surface area is 135 Å². The Morgan fingerprint density at radius 3 is 2.82 bits per heavy atom. The standard InChI is InChI=1S/C16H22ClN3O2/c1-11-5-4-6-14(7-11)22-10-13(21)8-18-9-15-12(2)19-20(3)16(15)17/h4-7,13,18,21H,8-10H2,1-3H3. The number of aromatic nitrogens is 2. The lowest BCUT2D eigenvalue weighted by molar-refractivity contribution is 0.106. The normalized spacial score (nSPS) is 12.4. The lowest BCUT2D eigenvalue weighted by Crippen LogP contribution is -2.31. The van der Waals surface area contributed by atoms with E-state index in [0.717, 1.165) is 22.6 Å². The Balaban J connectivity index is 1.75. The van der Waals surface area contributed by atoms with E-state index in [0.29, 0.717) is 18.2 Å². The molecule has 0 saturated heterocycles. The second-order valence-corrected chi connectivity index (χ2v) is 5.75. The van der Waals surface area contributed by atoms with Crippen LogP contribution >= 0.6 is 11.6 Å². The molecule has 0 aliphatic carbocycles. The molecule has 2 aromatic rings. The summed E-state index contributed by atoms with van der Waals surface area (Å²) in [4.78, 5) is 0. The van der Waals surface area contributed by atoms with E-state index < -0.39 is 6.10 Å². The van der Waals surface area contributed by atoms with Crippen LogP contribution < -0.4 is 10.1 Å². The molecule has 0 aliphatic heterocycles. The summed E-state index contributed by atoms with van der Waals surface area (Å²) < 4.78 is 7.21. The topological polar surface area (TPSA) is 59.3 Å². The molecule has 0 aliphatic rings. The van der Waals surface area contributed by atoms with E-state index in [1.165, 1.54) is 0 Å². The number of nitrogens with one attached hydrogen (secondary N) is 1. The summed E-state index contributed by atoms with van der Waals surface area (Å²) >= 11 is 6.16. The van der Waals surface area contributed by atoms with E-state index in [1.54, 1.807) is 4.68 Å². The number of rotatable bonds is 7. The van der Waals surface area contributed by atoms with Crippen LogP contribution in [0.3, 0.4) is 0 Å². The van der Waals surface area contributed by atoms with Crippen LogP contribution in [0.25, 0.3) is 0 Å². The van der Waals surface area contributed by atoms with Gasteiger partial charge in [0.2, 0.25) is 0 Å². The smallest absolute Gasteiger partial charge is 0.131 e. The van der Waals surface area contributed by atoms with Gasteiger partial charge in [-0.3, -0.25) is 4.68 Å². The summed E-state index contributed by atoms with van der Waals surface area (Å²) in [7, 11) is 1.81. The Hall–Kier alpha value is -1.56. The van der Waals surface area contributed by atoms with Crippen LogP contribution in [-0.4, -0.2) is 34.1 Å². The van der Waals surface area contributed by atoms with Gasteiger partial charge in [-0.1, -0.05) is 23.7 Å². The number of ether oxygens (including phenoxy) is 1. The summed E-state index contributed by atoms with van der Waals surface area (Å²) in [5.74, 6) is 0.769. The monoisotopic (exact) mass is 323 g/mol. The predicted molar refractivity (Wildman–Crippen MR) is 87.3 cm³/mol. The molecule has 2 N–H and O–H groups in total. The van der Waals surface area contributed by atoms with Crippen LogP contribution in [0.5, 0.6) is 5.75 Å². The number of benzene rings is 1. The first-order valence-corrected chi connectivity index (χ1v) is 7.61. The number of hydrogen-bond donors (Lipinski definition) is 2. The molecule has 6 heteroatoms. The molecule has 0 bridgehead atoms. The molecular formula is C16H22ClN3O2. The summed E-state index contributed by atoms with van der Waals surface area (Å²) in [6.45, 7) is 5.16. The van der Waals surface area contributed by atoms with Gasteiger partial charge in [-0.15, -0.1) is 0 Å². The van der Waals surface area contributed by atoms with Gasteiger partial charge in [-0.25, -0.2) is 0 Å². The Kier molecular flexibility index (Phi) is 5.83. The third-order valence-corrected chi connectivity index (χ3v) is 3.86. The second-order valence-electron chi connectivity index (χ2n) is 5.39. The van der Waals surface area contributed by atoms with Crippen LogP contribution in [-0.2, 0) is 13.6 Å². The third kappa shape index (κ3) is 4.47. The summed E-state index contributed by atoms with van der Waals surface area (Å²) in [6.07, 6.45) is -0.587. The third-order valence-electron chi connectivity index (χ3n) is 3.38. The number of aliphatic hydroxyl groups excluding tert-OH is 1. The lowest BCUT2D eigenvalue weighted by atomic mass is 10.2. The summed E-state index contributed by atoms with van der Waals surface area (Å²) in [5, 5.41) is 18.0. The molecule has 1 atom stereocenters. The van der Waals surface area contributed by atoms with E-state index in [2.05, 4.69) is 10.4 Å². The number of halogens is 1. The largest absolute Gasteiger partial charge is 0.491 e. The van der Waals surface area contributed by atoms with Crippen molar-refractivity contribution < 1.29 is 9.84 Å². The van der Waals surface area contributed by atoms with Gasteiger partial charge in [0.05, 0.1) is 5.69 Å². The van der Waals surface area contributed by atoms with Crippen molar-refractivity contribution in [3.05, 3.63) is 46.2 Å². The highest BCUT2D eigenvalue weighted by atomic mass is 35.5. The molecule has 1 heterocycles. The molecule has 1 unspecified atom stereocenters. The molecule has 0 spiro atoms. The van der Waals surface area contributed by atoms with Crippen molar-refractivity contribution in [2.45, 2.75) is 26.5 Å². The van der Waals surface area contributed by atoms with Crippen molar-refractivity contribution in [3.63, 3.8) is 0 Å². The van der Waals surface area contributed by atoms with Gasteiger partial charge in [0.1, 0.15) is 23.6 Å². The maximum atomic E-state index is 9.96. The fourth-order valence-electron chi connectivity index (χ4n) is 2.19. The first-order chi connectivity index (χ1) is 10.5. The van der Waals surface area contributed by atoms with E-state index in [4.69, 9.17) is 16.3 Å². The molecule has 1 aromatic carbocycles. The van der Waals surface area contributed by atoms with Crippen LogP contribution in [0.2, 0.25) is 5.15 Å². The average molecular weight is 324 g/mol.